The van der Waals surface area contributed by atoms with Crippen LogP contribution < -0.4 is 10.0 Å². The Morgan fingerprint density at radius 1 is 1.00 bits per heavy atom. The number of alkyl halides is 3. The third-order valence-electron chi connectivity index (χ3n) is 3.77. The topological polar surface area (TPSA) is 75.3 Å². The minimum absolute atomic E-state index is 0.0920. The van der Waals surface area contributed by atoms with E-state index in [0.29, 0.717) is 16.9 Å². The molecule has 1 amide bonds. The molecule has 0 spiro atoms. The van der Waals surface area contributed by atoms with Crippen molar-refractivity contribution in [3.8, 4) is 0 Å². The number of carbonyl (C=O) groups excluding carboxylic acids is 1. The Hall–Kier alpha value is -2.55. The van der Waals surface area contributed by atoms with Gasteiger partial charge in [0.25, 0.3) is 0 Å². The summed E-state index contributed by atoms with van der Waals surface area (Å²) in [5.41, 5.74) is 0.754. The summed E-state index contributed by atoms with van der Waals surface area (Å²) in [4.78, 5) is 12.1. The van der Waals surface area contributed by atoms with Gasteiger partial charge in [-0.15, -0.1) is 0 Å². The van der Waals surface area contributed by atoms with E-state index in [-0.39, 0.29) is 18.2 Å². The standard InChI is InChI=1S/C18H19F3N2O3S/c1-12(13-3-5-14(6-4-13)18(19,20)21)11-17(24)22-15-7-9-16(10-8-15)23-27(2,25)26/h3-10,12,23H,11H2,1-2H3,(H,22,24)/t12-/m0/s1. The highest BCUT2D eigenvalue weighted by Gasteiger charge is 2.30. The van der Waals surface area contributed by atoms with E-state index >= 15 is 0 Å². The average molecular weight is 400 g/mol. The van der Waals surface area contributed by atoms with Crippen molar-refractivity contribution in [2.45, 2.75) is 25.4 Å². The van der Waals surface area contributed by atoms with E-state index in [9.17, 15) is 26.4 Å². The molecule has 0 saturated carbocycles. The molecule has 2 aromatic carbocycles. The van der Waals surface area contributed by atoms with Gasteiger partial charge in [0.1, 0.15) is 0 Å². The Balaban J connectivity index is 1.95. The van der Waals surface area contributed by atoms with Gasteiger partial charge in [-0.3, -0.25) is 9.52 Å². The van der Waals surface area contributed by atoms with Crippen molar-refractivity contribution in [3.05, 3.63) is 59.7 Å². The number of carbonyl (C=O) groups is 1. The molecule has 0 unspecified atom stereocenters. The number of amides is 1. The SMILES string of the molecule is C[C@@H](CC(=O)Nc1ccc(NS(C)(=O)=O)cc1)c1ccc(C(F)(F)F)cc1. The van der Waals surface area contributed by atoms with Crippen LogP contribution >= 0.6 is 0 Å². The van der Waals surface area contributed by atoms with Crippen LogP contribution in [0.4, 0.5) is 24.5 Å². The first-order valence-corrected chi connectivity index (χ1v) is 9.88. The molecule has 9 heteroatoms. The fourth-order valence-corrected chi connectivity index (χ4v) is 3.01. The molecule has 0 aliphatic rings. The second kappa shape index (κ2) is 7.99. The number of anilines is 2. The second-order valence-electron chi connectivity index (χ2n) is 6.22. The van der Waals surface area contributed by atoms with Crippen molar-refractivity contribution in [1.29, 1.82) is 0 Å². The lowest BCUT2D eigenvalue weighted by Crippen LogP contribution is -2.15. The van der Waals surface area contributed by atoms with Gasteiger partial charge in [0.15, 0.2) is 0 Å². The van der Waals surface area contributed by atoms with Gasteiger partial charge in [-0.05, 0) is 47.9 Å². The largest absolute Gasteiger partial charge is 0.416 e. The van der Waals surface area contributed by atoms with Gasteiger partial charge in [-0.25, -0.2) is 8.42 Å². The molecule has 0 aliphatic carbocycles. The molecule has 0 aliphatic heterocycles. The molecule has 5 nitrogen and oxygen atoms in total. The van der Waals surface area contributed by atoms with E-state index in [1.54, 1.807) is 19.1 Å². The summed E-state index contributed by atoms with van der Waals surface area (Å²) in [6.07, 6.45) is -3.27. The van der Waals surface area contributed by atoms with E-state index in [0.717, 1.165) is 18.4 Å². The average Bonchev–Trinajstić information content (AvgIpc) is 2.54. The first-order valence-electron chi connectivity index (χ1n) is 7.99. The Morgan fingerprint density at radius 2 is 1.52 bits per heavy atom. The van der Waals surface area contributed by atoms with Gasteiger partial charge in [-0.2, -0.15) is 13.2 Å². The molecule has 27 heavy (non-hydrogen) atoms. The fraction of sp³-hybridized carbons (Fsp3) is 0.278. The van der Waals surface area contributed by atoms with E-state index in [2.05, 4.69) is 10.0 Å². The maximum Gasteiger partial charge on any atom is 0.416 e. The maximum atomic E-state index is 12.6. The summed E-state index contributed by atoms with van der Waals surface area (Å²) in [7, 11) is -3.38. The molecule has 0 bridgehead atoms. The van der Waals surface area contributed by atoms with Gasteiger partial charge in [-0.1, -0.05) is 19.1 Å². The van der Waals surface area contributed by atoms with Crippen LogP contribution in [0.3, 0.4) is 0 Å². The summed E-state index contributed by atoms with van der Waals surface area (Å²) in [5, 5.41) is 2.67. The minimum Gasteiger partial charge on any atom is -0.326 e. The van der Waals surface area contributed by atoms with Crippen LogP contribution in [-0.4, -0.2) is 20.6 Å². The minimum atomic E-state index is -4.39. The summed E-state index contributed by atoms with van der Waals surface area (Å²) < 4.78 is 62.4. The van der Waals surface area contributed by atoms with Gasteiger partial charge < -0.3 is 5.32 Å². The number of halogens is 3. The number of nitrogens with one attached hydrogen (secondary N) is 2. The number of hydrogen-bond donors (Lipinski definition) is 2. The third kappa shape index (κ3) is 6.59. The van der Waals surface area contributed by atoms with Crippen molar-refractivity contribution in [1.82, 2.24) is 0 Å². The van der Waals surface area contributed by atoms with Crippen LogP contribution in [0.2, 0.25) is 0 Å². The molecule has 146 valence electrons. The van der Waals surface area contributed by atoms with E-state index < -0.39 is 21.8 Å². The summed E-state index contributed by atoms with van der Waals surface area (Å²) in [6.45, 7) is 1.75. The first kappa shape index (κ1) is 20.8. The molecule has 1 atom stereocenters. The zero-order valence-electron chi connectivity index (χ0n) is 14.7. The molecule has 0 fully saturated rings. The summed E-state index contributed by atoms with van der Waals surface area (Å²) in [6, 6.07) is 10.8. The third-order valence-corrected chi connectivity index (χ3v) is 4.38. The van der Waals surface area contributed by atoms with Crippen LogP contribution in [-0.2, 0) is 21.0 Å². The number of benzene rings is 2. The van der Waals surface area contributed by atoms with E-state index in [1.165, 1.54) is 24.3 Å². The molecule has 2 N–H and O–H groups in total. The molecule has 0 radical (unpaired) electrons. The van der Waals surface area contributed by atoms with Crippen molar-refractivity contribution in [2.24, 2.45) is 0 Å². The highest BCUT2D eigenvalue weighted by atomic mass is 32.2. The first-order chi connectivity index (χ1) is 12.4. The molecule has 2 rings (SSSR count). The quantitative estimate of drug-likeness (QED) is 0.763. The van der Waals surface area contributed by atoms with Crippen LogP contribution in [0.25, 0.3) is 0 Å². The smallest absolute Gasteiger partial charge is 0.326 e. The predicted molar refractivity (Wildman–Crippen MR) is 98.0 cm³/mol. The van der Waals surface area contributed by atoms with Gasteiger partial charge in [0.2, 0.25) is 15.9 Å². The summed E-state index contributed by atoms with van der Waals surface area (Å²) >= 11 is 0. The lowest BCUT2D eigenvalue weighted by atomic mass is 9.96. The highest BCUT2D eigenvalue weighted by Crippen LogP contribution is 2.30. The number of sulfonamides is 1. The number of hydrogen-bond acceptors (Lipinski definition) is 3. The number of rotatable bonds is 6. The van der Waals surface area contributed by atoms with Gasteiger partial charge >= 0.3 is 6.18 Å². The predicted octanol–water partition coefficient (Wildman–Crippen LogP) is 4.21. The van der Waals surface area contributed by atoms with E-state index in [4.69, 9.17) is 0 Å². The molecule has 2 aromatic rings. The second-order valence-corrected chi connectivity index (χ2v) is 7.97. The molecular weight excluding hydrogens is 381 g/mol. The van der Waals surface area contributed by atoms with Crippen molar-refractivity contribution < 1.29 is 26.4 Å². The Kier molecular flexibility index (Phi) is 6.15. The van der Waals surface area contributed by atoms with Crippen molar-refractivity contribution in [3.63, 3.8) is 0 Å². The zero-order valence-corrected chi connectivity index (χ0v) is 15.5. The van der Waals surface area contributed by atoms with Crippen LogP contribution in [0.5, 0.6) is 0 Å². The van der Waals surface area contributed by atoms with Crippen LogP contribution in [0.15, 0.2) is 48.5 Å². The van der Waals surface area contributed by atoms with Crippen molar-refractivity contribution in [2.75, 3.05) is 16.3 Å². The monoisotopic (exact) mass is 400 g/mol. The van der Waals surface area contributed by atoms with Gasteiger partial charge in [0.05, 0.1) is 11.8 Å². The fourth-order valence-electron chi connectivity index (χ4n) is 2.44. The Labute approximate surface area is 155 Å². The van der Waals surface area contributed by atoms with E-state index in [1.807, 2.05) is 0 Å². The van der Waals surface area contributed by atoms with Crippen LogP contribution in [0.1, 0.15) is 30.4 Å². The Bertz CT molecular complexity index is 893. The molecule has 0 saturated heterocycles. The van der Waals surface area contributed by atoms with Crippen molar-refractivity contribution >= 4 is 27.3 Å². The van der Waals surface area contributed by atoms with Gasteiger partial charge in [0, 0.05) is 17.8 Å². The Morgan fingerprint density at radius 3 is 2.00 bits per heavy atom. The maximum absolute atomic E-state index is 12.6. The summed E-state index contributed by atoms with van der Waals surface area (Å²) in [5.74, 6) is -0.565. The molecule has 0 aromatic heterocycles. The lowest BCUT2D eigenvalue weighted by Gasteiger charge is -2.14. The molecular formula is C18H19F3N2O3S. The lowest BCUT2D eigenvalue weighted by molar-refractivity contribution is -0.137. The molecule has 0 heterocycles. The zero-order chi connectivity index (χ0) is 20.2. The van der Waals surface area contributed by atoms with Crippen LogP contribution in [0, 0.1) is 0 Å². The normalized spacial score (nSPS) is 13.1. The highest BCUT2D eigenvalue weighted by molar-refractivity contribution is 7.92.